The maximum atomic E-state index is 12.5. The van der Waals surface area contributed by atoms with Crippen LogP contribution in [0, 0.1) is 0 Å². The van der Waals surface area contributed by atoms with Crippen LogP contribution in [0.5, 0.6) is 5.75 Å². The van der Waals surface area contributed by atoms with Crippen molar-refractivity contribution in [3.8, 4) is 5.75 Å². The van der Waals surface area contributed by atoms with Gasteiger partial charge in [0.25, 0.3) is 0 Å². The van der Waals surface area contributed by atoms with Crippen LogP contribution in [0.2, 0.25) is 0 Å². The maximum absolute atomic E-state index is 12.5. The molecule has 0 bridgehead atoms. The molecule has 7 heteroatoms. The van der Waals surface area contributed by atoms with E-state index in [1.54, 1.807) is 24.3 Å². The Morgan fingerprint density at radius 1 is 1.00 bits per heavy atom. The van der Waals surface area contributed by atoms with Gasteiger partial charge in [-0.2, -0.15) is 0 Å². The number of ether oxygens (including phenoxy) is 1. The zero-order valence-corrected chi connectivity index (χ0v) is 17.3. The predicted octanol–water partition coefficient (Wildman–Crippen LogP) is 3.32. The molecule has 3 aromatic rings. The number of fused-ring (bicyclic) bond motifs is 1. The van der Waals surface area contributed by atoms with Gasteiger partial charge in [-0.05, 0) is 41.5 Å². The fraction of sp³-hybridized carbons (Fsp3) is 0.227. The molecule has 1 N–H and O–H groups in total. The van der Waals surface area contributed by atoms with Crippen molar-refractivity contribution in [2.45, 2.75) is 13.5 Å². The Hall–Kier alpha value is -3.06. The Morgan fingerprint density at radius 2 is 1.76 bits per heavy atom. The minimum absolute atomic E-state index is 0.304. The summed E-state index contributed by atoms with van der Waals surface area (Å²) < 4.78 is 31.0. The van der Waals surface area contributed by atoms with E-state index in [9.17, 15) is 13.2 Å². The minimum atomic E-state index is -3.64. The fourth-order valence-corrected chi connectivity index (χ4v) is 3.88. The average molecular weight is 413 g/mol. The van der Waals surface area contributed by atoms with E-state index in [2.05, 4.69) is 5.32 Å². The second-order valence-corrected chi connectivity index (χ2v) is 8.57. The minimum Gasteiger partial charge on any atom is -0.494 e. The summed E-state index contributed by atoms with van der Waals surface area (Å²) in [5.41, 5.74) is 1.33. The van der Waals surface area contributed by atoms with Crippen molar-refractivity contribution in [3.63, 3.8) is 0 Å². The van der Waals surface area contributed by atoms with Crippen molar-refractivity contribution in [1.29, 1.82) is 0 Å². The van der Waals surface area contributed by atoms with Crippen LogP contribution >= 0.6 is 0 Å². The molecule has 0 atom stereocenters. The van der Waals surface area contributed by atoms with E-state index in [4.69, 9.17) is 4.74 Å². The summed E-state index contributed by atoms with van der Waals surface area (Å²) in [5.74, 6) is 0.167. The van der Waals surface area contributed by atoms with Gasteiger partial charge >= 0.3 is 0 Å². The normalized spacial score (nSPS) is 11.2. The summed E-state index contributed by atoms with van der Waals surface area (Å²) in [6, 6.07) is 20.6. The third kappa shape index (κ3) is 5.48. The third-order valence-corrected chi connectivity index (χ3v) is 5.55. The molecule has 6 nitrogen and oxygen atoms in total. The van der Waals surface area contributed by atoms with E-state index < -0.39 is 10.0 Å². The van der Waals surface area contributed by atoms with Crippen molar-refractivity contribution < 1.29 is 17.9 Å². The fourth-order valence-electron chi connectivity index (χ4n) is 3.03. The van der Waals surface area contributed by atoms with Gasteiger partial charge in [-0.3, -0.25) is 9.10 Å². The summed E-state index contributed by atoms with van der Waals surface area (Å²) in [7, 11) is -3.64. The molecule has 0 aliphatic carbocycles. The monoisotopic (exact) mass is 412 g/mol. The number of hydrogen-bond donors (Lipinski definition) is 1. The first-order valence-electron chi connectivity index (χ1n) is 9.32. The zero-order chi connectivity index (χ0) is 20.9. The SMILES string of the molecule is CCOc1cccc(N(CC(=O)NCc2ccc3ccccc3c2)S(C)(=O)=O)c1. The summed E-state index contributed by atoms with van der Waals surface area (Å²) in [6.07, 6.45) is 1.08. The highest BCUT2D eigenvalue weighted by Crippen LogP contribution is 2.23. The number of rotatable bonds is 8. The third-order valence-electron chi connectivity index (χ3n) is 4.41. The van der Waals surface area contributed by atoms with Crippen molar-refractivity contribution >= 4 is 32.4 Å². The molecule has 1 amide bonds. The van der Waals surface area contributed by atoms with E-state index >= 15 is 0 Å². The summed E-state index contributed by atoms with van der Waals surface area (Å²) in [6.45, 7) is 2.33. The van der Waals surface area contributed by atoms with Gasteiger partial charge < -0.3 is 10.1 Å². The molecule has 0 saturated carbocycles. The van der Waals surface area contributed by atoms with Crippen molar-refractivity contribution in [3.05, 3.63) is 72.3 Å². The lowest BCUT2D eigenvalue weighted by molar-refractivity contribution is -0.119. The number of carbonyl (C=O) groups excluding carboxylic acids is 1. The summed E-state index contributed by atoms with van der Waals surface area (Å²) >= 11 is 0. The van der Waals surface area contributed by atoms with Gasteiger partial charge in [-0.15, -0.1) is 0 Å². The number of carbonyl (C=O) groups is 1. The second kappa shape index (κ2) is 8.96. The van der Waals surface area contributed by atoms with Crippen LogP contribution < -0.4 is 14.4 Å². The van der Waals surface area contributed by atoms with Gasteiger partial charge in [0.1, 0.15) is 12.3 Å². The Morgan fingerprint density at radius 3 is 2.48 bits per heavy atom. The van der Waals surface area contributed by atoms with Crippen LogP contribution in [0.4, 0.5) is 5.69 Å². The topological polar surface area (TPSA) is 75.7 Å². The molecule has 152 valence electrons. The average Bonchev–Trinajstić information content (AvgIpc) is 2.70. The number of amides is 1. The quantitative estimate of drug-likeness (QED) is 0.616. The van der Waals surface area contributed by atoms with Crippen LogP contribution in [0.1, 0.15) is 12.5 Å². The first-order valence-corrected chi connectivity index (χ1v) is 11.2. The van der Waals surface area contributed by atoms with Crippen LogP contribution in [0.25, 0.3) is 10.8 Å². The lowest BCUT2D eigenvalue weighted by atomic mass is 10.1. The summed E-state index contributed by atoms with van der Waals surface area (Å²) in [5, 5.41) is 5.01. The van der Waals surface area contributed by atoms with Gasteiger partial charge in [0.05, 0.1) is 18.6 Å². The number of sulfonamides is 1. The van der Waals surface area contributed by atoms with Crippen LogP contribution in [-0.4, -0.2) is 33.7 Å². The number of nitrogens with zero attached hydrogens (tertiary/aromatic N) is 1. The standard InChI is InChI=1S/C22H24N2O4S/c1-3-28-21-10-6-9-20(14-21)24(29(2,26)27)16-22(25)23-15-17-11-12-18-7-4-5-8-19(18)13-17/h4-14H,3,15-16H2,1-2H3,(H,23,25). The molecule has 0 aromatic heterocycles. The lowest BCUT2D eigenvalue weighted by Gasteiger charge is -2.22. The van der Waals surface area contributed by atoms with Gasteiger partial charge in [-0.1, -0.05) is 42.5 Å². The molecule has 0 fully saturated rings. The Bertz CT molecular complexity index is 1110. The molecule has 0 saturated heterocycles. The Labute approximate surface area is 171 Å². The Balaban J connectivity index is 1.70. The molecule has 0 unspecified atom stereocenters. The largest absolute Gasteiger partial charge is 0.494 e. The summed E-state index contributed by atoms with van der Waals surface area (Å²) in [4.78, 5) is 12.5. The van der Waals surface area contributed by atoms with Crippen LogP contribution in [0.3, 0.4) is 0 Å². The number of hydrogen-bond acceptors (Lipinski definition) is 4. The first-order chi connectivity index (χ1) is 13.9. The van der Waals surface area contributed by atoms with Gasteiger partial charge in [-0.25, -0.2) is 8.42 Å². The van der Waals surface area contributed by atoms with Crippen molar-refractivity contribution in [2.24, 2.45) is 0 Å². The number of nitrogens with one attached hydrogen (secondary N) is 1. The van der Waals surface area contributed by atoms with E-state index in [1.807, 2.05) is 49.4 Å². The van der Waals surface area contributed by atoms with Gasteiger partial charge in [0.15, 0.2) is 0 Å². The van der Waals surface area contributed by atoms with E-state index in [1.165, 1.54) is 0 Å². The van der Waals surface area contributed by atoms with Crippen molar-refractivity contribution in [1.82, 2.24) is 5.32 Å². The smallest absolute Gasteiger partial charge is 0.241 e. The Kier molecular flexibility index (Phi) is 6.39. The molecule has 29 heavy (non-hydrogen) atoms. The van der Waals surface area contributed by atoms with Crippen molar-refractivity contribution in [2.75, 3.05) is 23.7 Å². The molecule has 3 rings (SSSR count). The highest BCUT2D eigenvalue weighted by molar-refractivity contribution is 7.92. The molecule has 0 aliphatic heterocycles. The second-order valence-electron chi connectivity index (χ2n) is 6.66. The molecular weight excluding hydrogens is 388 g/mol. The zero-order valence-electron chi connectivity index (χ0n) is 16.5. The van der Waals surface area contributed by atoms with Gasteiger partial charge in [0, 0.05) is 12.6 Å². The molecule has 3 aromatic carbocycles. The lowest BCUT2D eigenvalue weighted by Crippen LogP contribution is -2.40. The predicted molar refractivity (Wildman–Crippen MR) is 116 cm³/mol. The highest BCUT2D eigenvalue weighted by Gasteiger charge is 2.21. The van der Waals surface area contributed by atoms with E-state index in [-0.39, 0.29) is 12.5 Å². The highest BCUT2D eigenvalue weighted by atomic mass is 32.2. The molecular formula is C22H24N2O4S. The van der Waals surface area contributed by atoms with E-state index in [0.717, 1.165) is 26.9 Å². The molecule has 0 radical (unpaired) electrons. The first kappa shape index (κ1) is 20.7. The molecule has 0 aliphatic rings. The van der Waals surface area contributed by atoms with E-state index in [0.29, 0.717) is 24.6 Å². The molecule has 0 heterocycles. The van der Waals surface area contributed by atoms with Crippen LogP contribution in [-0.2, 0) is 21.4 Å². The van der Waals surface area contributed by atoms with Gasteiger partial charge in [0.2, 0.25) is 15.9 Å². The van der Waals surface area contributed by atoms with Crippen LogP contribution in [0.15, 0.2) is 66.7 Å². The number of anilines is 1. The number of benzene rings is 3. The molecule has 0 spiro atoms. The maximum Gasteiger partial charge on any atom is 0.241 e.